The molecule has 0 unspecified atom stereocenters. The van der Waals surface area contributed by atoms with Crippen molar-refractivity contribution in [3.8, 4) is 0 Å². The van der Waals surface area contributed by atoms with E-state index in [1.54, 1.807) is 0 Å². The number of rotatable bonds is 9. The van der Waals surface area contributed by atoms with E-state index in [-0.39, 0.29) is 0 Å². The molecule has 0 fully saturated rings. The van der Waals surface area contributed by atoms with Gasteiger partial charge in [-0.15, -0.1) is 0 Å². The quantitative estimate of drug-likeness (QED) is 0.433. The molecule has 0 radical (unpaired) electrons. The molecule has 0 saturated heterocycles. The summed E-state index contributed by atoms with van der Waals surface area (Å²) in [5.74, 6) is 0. The van der Waals surface area contributed by atoms with E-state index < -0.39 is 0 Å². The molecule has 0 N–H and O–H groups in total. The predicted octanol–water partition coefficient (Wildman–Crippen LogP) is 5.60. The van der Waals surface area contributed by atoms with Crippen LogP contribution in [0.25, 0.3) is 6.08 Å². The normalized spacial score (nSPS) is 11.0. The van der Waals surface area contributed by atoms with E-state index in [1.165, 1.54) is 22.3 Å². The van der Waals surface area contributed by atoms with Gasteiger partial charge in [-0.05, 0) is 48.4 Å². The van der Waals surface area contributed by atoms with Gasteiger partial charge in [0.25, 0.3) is 0 Å². The van der Waals surface area contributed by atoms with E-state index >= 15 is 0 Å². The summed E-state index contributed by atoms with van der Waals surface area (Å²) in [7, 11) is 0. The van der Waals surface area contributed by atoms with Crippen molar-refractivity contribution in [1.29, 1.82) is 0 Å². The van der Waals surface area contributed by atoms with Crippen LogP contribution in [-0.2, 0) is 24.2 Å². The van der Waals surface area contributed by atoms with Crippen LogP contribution in [0.4, 0.5) is 0 Å². The van der Waals surface area contributed by atoms with Gasteiger partial charge in [-0.25, -0.2) is 0 Å². The largest absolute Gasteiger partial charge is 0.376 e. The second-order valence-corrected chi connectivity index (χ2v) is 5.67. The van der Waals surface area contributed by atoms with Crippen LogP contribution in [0.15, 0.2) is 67.3 Å². The number of hydrogen-bond donors (Lipinski definition) is 0. The molecule has 0 heterocycles. The summed E-state index contributed by atoms with van der Waals surface area (Å²) in [5, 5.41) is 0. The number of aryl methyl sites for hydroxylation is 2. The van der Waals surface area contributed by atoms with Gasteiger partial charge in [-0.2, -0.15) is 0 Å². The SMILES string of the molecule is C=Cc1ccc(CCc2ccc(COCCC=CC)cc2)cc1. The lowest BCUT2D eigenvalue weighted by Crippen LogP contribution is -1.96. The molecule has 0 saturated carbocycles. The molecule has 1 nitrogen and oxygen atoms in total. The van der Waals surface area contributed by atoms with Crippen molar-refractivity contribution >= 4 is 6.08 Å². The first-order valence-electron chi connectivity index (χ1n) is 8.30. The Morgan fingerprint density at radius 2 is 1.43 bits per heavy atom. The lowest BCUT2D eigenvalue weighted by molar-refractivity contribution is 0.125. The monoisotopic (exact) mass is 306 g/mol. The standard InChI is InChI=1S/C22H26O/c1-3-5-6-17-23-18-22-15-13-21(14-16-22)12-11-20-9-7-19(4-2)8-10-20/h3-5,7-10,13-16H,2,6,11-12,17-18H2,1H3. The average molecular weight is 306 g/mol. The molecule has 120 valence electrons. The molecule has 0 spiro atoms. The van der Waals surface area contributed by atoms with Crippen molar-refractivity contribution < 1.29 is 4.74 Å². The third kappa shape index (κ3) is 6.25. The summed E-state index contributed by atoms with van der Waals surface area (Å²) in [4.78, 5) is 0. The van der Waals surface area contributed by atoms with Crippen molar-refractivity contribution in [3.63, 3.8) is 0 Å². The Kier molecular flexibility index (Phi) is 7.35. The van der Waals surface area contributed by atoms with Crippen LogP contribution >= 0.6 is 0 Å². The maximum absolute atomic E-state index is 5.65. The summed E-state index contributed by atoms with van der Waals surface area (Å²) in [6.45, 7) is 7.30. The zero-order valence-electron chi connectivity index (χ0n) is 14.0. The lowest BCUT2D eigenvalue weighted by atomic mass is 10.0. The summed E-state index contributed by atoms with van der Waals surface area (Å²) in [5.41, 5.74) is 5.15. The molecular weight excluding hydrogens is 280 g/mol. The molecule has 23 heavy (non-hydrogen) atoms. The van der Waals surface area contributed by atoms with Gasteiger partial charge < -0.3 is 4.74 Å². The zero-order chi connectivity index (χ0) is 16.3. The smallest absolute Gasteiger partial charge is 0.0717 e. The Morgan fingerprint density at radius 1 is 0.870 bits per heavy atom. The fourth-order valence-corrected chi connectivity index (χ4v) is 2.42. The molecule has 1 heteroatoms. The van der Waals surface area contributed by atoms with Crippen LogP contribution in [0, 0.1) is 0 Å². The maximum Gasteiger partial charge on any atom is 0.0717 e. The highest BCUT2D eigenvalue weighted by atomic mass is 16.5. The highest BCUT2D eigenvalue weighted by Gasteiger charge is 1.98. The molecule has 2 aromatic rings. The Labute approximate surface area is 140 Å². The molecular formula is C22H26O. The van der Waals surface area contributed by atoms with Crippen molar-refractivity contribution in [3.05, 3.63) is 89.5 Å². The molecule has 0 bridgehead atoms. The maximum atomic E-state index is 5.65. The van der Waals surface area contributed by atoms with Gasteiger partial charge in [0.2, 0.25) is 0 Å². The van der Waals surface area contributed by atoms with E-state index in [0.717, 1.165) is 25.9 Å². The molecule has 2 rings (SSSR count). The fraction of sp³-hybridized carbons (Fsp3) is 0.273. The minimum Gasteiger partial charge on any atom is -0.376 e. The number of allylic oxidation sites excluding steroid dienone is 1. The van der Waals surface area contributed by atoms with Gasteiger partial charge in [0.15, 0.2) is 0 Å². The minimum absolute atomic E-state index is 0.695. The lowest BCUT2D eigenvalue weighted by Gasteiger charge is -2.06. The topological polar surface area (TPSA) is 9.23 Å². The average Bonchev–Trinajstić information content (AvgIpc) is 2.61. The molecule has 0 atom stereocenters. The number of hydrogen-bond acceptors (Lipinski definition) is 1. The summed E-state index contributed by atoms with van der Waals surface area (Å²) < 4.78 is 5.65. The first-order chi connectivity index (χ1) is 11.3. The third-order valence-corrected chi connectivity index (χ3v) is 3.87. The van der Waals surface area contributed by atoms with Crippen molar-refractivity contribution in [2.24, 2.45) is 0 Å². The Bertz CT molecular complexity index is 605. The Balaban J connectivity index is 1.76. The zero-order valence-corrected chi connectivity index (χ0v) is 14.0. The Hall–Kier alpha value is -2.12. The highest BCUT2D eigenvalue weighted by Crippen LogP contribution is 2.11. The molecule has 0 amide bonds. The second-order valence-electron chi connectivity index (χ2n) is 5.67. The van der Waals surface area contributed by atoms with Gasteiger partial charge in [0.1, 0.15) is 0 Å². The van der Waals surface area contributed by atoms with E-state index in [2.05, 4.69) is 67.3 Å². The van der Waals surface area contributed by atoms with Crippen LogP contribution in [0.1, 0.15) is 35.6 Å². The van der Waals surface area contributed by atoms with Crippen LogP contribution < -0.4 is 0 Å². The van der Waals surface area contributed by atoms with Crippen LogP contribution in [0.3, 0.4) is 0 Å². The predicted molar refractivity (Wildman–Crippen MR) is 99.5 cm³/mol. The van der Waals surface area contributed by atoms with Gasteiger partial charge >= 0.3 is 0 Å². The van der Waals surface area contributed by atoms with Gasteiger partial charge in [0, 0.05) is 0 Å². The second kappa shape index (κ2) is 9.81. The fourth-order valence-electron chi connectivity index (χ4n) is 2.42. The van der Waals surface area contributed by atoms with E-state index in [9.17, 15) is 0 Å². The first-order valence-corrected chi connectivity index (χ1v) is 8.30. The number of ether oxygens (including phenoxy) is 1. The van der Waals surface area contributed by atoms with Gasteiger partial charge in [-0.1, -0.05) is 73.3 Å². The molecule has 0 aliphatic rings. The summed E-state index contributed by atoms with van der Waals surface area (Å²) in [6.07, 6.45) is 9.18. The summed E-state index contributed by atoms with van der Waals surface area (Å²) >= 11 is 0. The van der Waals surface area contributed by atoms with Gasteiger partial charge in [-0.3, -0.25) is 0 Å². The minimum atomic E-state index is 0.695. The Morgan fingerprint density at radius 3 is 2.00 bits per heavy atom. The molecule has 0 aliphatic carbocycles. The van der Waals surface area contributed by atoms with Gasteiger partial charge in [0.05, 0.1) is 13.2 Å². The van der Waals surface area contributed by atoms with Crippen molar-refractivity contribution in [2.75, 3.05) is 6.61 Å². The first kappa shape index (κ1) is 17.2. The van der Waals surface area contributed by atoms with Crippen LogP contribution in [-0.4, -0.2) is 6.61 Å². The third-order valence-electron chi connectivity index (χ3n) is 3.87. The van der Waals surface area contributed by atoms with Crippen LogP contribution in [0.2, 0.25) is 0 Å². The van der Waals surface area contributed by atoms with Crippen LogP contribution in [0.5, 0.6) is 0 Å². The number of benzene rings is 2. The van der Waals surface area contributed by atoms with Crippen molar-refractivity contribution in [1.82, 2.24) is 0 Å². The van der Waals surface area contributed by atoms with E-state index in [1.807, 2.05) is 13.0 Å². The molecule has 0 aromatic heterocycles. The highest BCUT2D eigenvalue weighted by molar-refractivity contribution is 5.47. The van der Waals surface area contributed by atoms with E-state index in [4.69, 9.17) is 4.74 Å². The summed E-state index contributed by atoms with van der Waals surface area (Å²) in [6, 6.07) is 17.4. The molecule has 0 aliphatic heterocycles. The molecule has 2 aromatic carbocycles. The van der Waals surface area contributed by atoms with Crippen molar-refractivity contribution in [2.45, 2.75) is 32.8 Å². The van der Waals surface area contributed by atoms with E-state index in [0.29, 0.717) is 6.61 Å².